The lowest BCUT2D eigenvalue weighted by atomic mass is 10.5. The van der Waals surface area contributed by atoms with Gasteiger partial charge in [0, 0.05) is 20.5 Å². The molecule has 11 heavy (non-hydrogen) atoms. The van der Waals surface area contributed by atoms with Crippen molar-refractivity contribution in [3.63, 3.8) is 0 Å². The Morgan fingerprint density at radius 1 is 1.27 bits per heavy atom. The van der Waals surface area contributed by atoms with Crippen LogP contribution in [0.5, 0.6) is 0 Å². The summed E-state index contributed by atoms with van der Waals surface area (Å²) >= 11 is 0. The molecule has 0 heterocycles. The van der Waals surface area contributed by atoms with E-state index in [2.05, 4.69) is 10.2 Å². The molecule has 0 N–H and O–H groups in total. The SMILES string of the molecule is CCC(=O)N=NC(=O)N(C)C. The van der Waals surface area contributed by atoms with Gasteiger partial charge in [0.1, 0.15) is 0 Å². The van der Waals surface area contributed by atoms with Crippen LogP contribution >= 0.6 is 0 Å². The van der Waals surface area contributed by atoms with Crippen molar-refractivity contribution in [1.82, 2.24) is 4.90 Å². The van der Waals surface area contributed by atoms with E-state index in [1.807, 2.05) is 0 Å². The van der Waals surface area contributed by atoms with E-state index >= 15 is 0 Å². The maximum atomic E-state index is 10.7. The molecule has 0 atom stereocenters. The number of carbonyl (C=O) groups is 2. The molecule has 3 amide bonds. The van der Waals surface area contributed by atoms with Crippen LogP contribution in [-0.2, 0) is 4.79 Å². The molecule has 0 saturated heterocycles. The van der Waals surface area contributed by atoms with Crippen molar-refractivity contribution in [2.24, 2.45) is 10.2 Å². The molecule has 0 aliphatic rings. The van der Waals surface area contributed by atoms with Crippen LogP contribution in [0.25, 0.3) is 0 Å². The number of hydrogen-bond donors (Lipinski definition) is 0. The molecule has 0 aliphatic heterocycles. The fourth-order valence-electron chi connectivity index (χ4n) is 0.259. The Hall–Kier alpha value is -1.26. The minimum atomic E-state index is -0.521. The molecule has 5 heteroatoms. The van der Waals surface area contributed by atoms with E-state index in [9.17, 15) is 9.59 Å². The van der Waals surface area contributed by atoms with Gasteiger partial charge in [-0.1, -0.05) is 12.0 Å². The van der Waals surface area contributed by atoms with E-state index in [4.69, 9.17) is 0 Å². The van der Waals surface area contributed by atoms with E-state index in [0.717, 1.165) is 0 Å². The minimum absolute atomic E-state index is 0.268. The zero-order chi connectivity index (χ0) is 8.85. The molecule has 0 spiro atoms. The van der Waals surface area contributed by atoms with Crippen LogP contribution in [0.3, 0.4) is 0 Å². The lowest BCUT2D eigenvalue weighted by Crippen LogP contribution is -2.17. The van der Waals surface area contributed by atoms with Gasteiger partial charge < -0.3 is 4.90 Å². The molecule has 0 bridgehead atoms. The Kier molecular flexibility index (Phi) is 4.02. The second-order valence-corrected chi connectivity index (χ2v) is 2.12. The highest BCUT2D eigenvalue weighted by atomic mass is 16.2. The fraction of sp³-hybridized carbons (Fsp3) is 0.667. The van der Waals surface area contributed by atoms with Gasteiger partial charge in [-0.3, -0.25) is 4.79 Å². The fourth-order valence-corrected chi connectivity index (χ4v) is 0.259. The zero-order valence-corrected chi connectivity index (χ0v) is 6.87. The van der Waals surface area contributed by atoms with Crippen molar-refractivity contribution >= 4 is 11.9 Å². The molecule has 0 aromatic rings. The maximum absolute atomic E-state index is 10.7. The van der Waals surface area contributed by atoms with Crippen LogP contribution in [0.1, 0.15) is 13.3 Å². The summed E-state index contributed by atoms with van der Waals surface area (Å²) in [5.41, 5.74) is 0. The van der Waals surface area contributed by atoms with Crippen molar-refractivity contribution in [2.45, 2.75) is 13.3 Å². The third-order valence-corrected chi connectivity index (χ3v) is 0.932. The summed E-state index contributed by atoms with van der Waals surface area (Å²) in [4.78, 5) is 22.4. The first-order valence-corrected chi connectivity index (χ1v) is 3.23. The van der Waals surface area contributed by atoms with Gasteiger partial charge in [0.25, 0.3) is 5.91 Å². The largest absolute Gasteiger partial charge is 0.361 e. The number of urea groups is 1. The molecule has 0 fully saturated rings. The van der Waals surface area contributed by atoms with Gasteiger partial charge in [-0.2, -0.15) is 0 Å². The Morgan fingerprint density at radius 3 is 2.18 bits per heavy atom. The number of azo groups is 1. The predicted molar refractivity (Wildman–Crippen MR) is 39.2 cm³/mol. The van der Waals surface area contributed by atoms with Crippen molar-refractivity contribution < 1.29 is 9.59 Å². The highest BCUT2D eigenvalue weighted by Gasteiger charge is 2.00. The molecule has 0 aliphatic carbocycles. The van der Waals surface area contributed by atoms with Gasteiger partial charge in [-0.15, -0.1) is 5.11 Å². The Balaban J connectivity index is 3.93. The summed E-state index contributed by atoms with van der Waals surface area (Å²) in [6.07, 6.45) is 0.268. The lowest BCUT2D eigenvalue weighted by Gasteiger charge is -2.01. The molecule has 0 aromatic carbocycles. The van der Waals surface area contributed by atoms with Gasteiger partial charge in [-0.05, 0) is 0 Å². The highest BCUT2D eigenvalue weighted by molar-refractivity contribution is 5.80. The van der Waals surface area contributed by atoms with Crippen LogP contribution in [0.2, 0.25) is 0 Å². The number of hydrogen-bond acceptors (Lipinski definition) is 2. The summed E-state index contributed by atoms with van der Waals surface area (Å²) in [7, 11) is 3.08. The van der Waals surface area contributed by atoms with E-state index < -0.39 is 6.03 Å². The smallest absolute Gasteiger partial charge is 0.328 e. The van der Waals surface area contributed by atoms with E-state index in [1.54, 1.807) is 6.92 Å². The molecule has 0 rings (SSSR count). The first-order valence-electron chi connectivity index (χ1n) is 3.23. The van der Waals surface area contributed by atoms with Crippen molar-refractivity contribution in [2.75, 3.05) is 14.1 Å². The standard InChI is InChI=1S/C6H11N3O2/c1-4-5(10)7-8-6(11)9(2)3/h4H2,1-3H3. The molecular formula is C6H11N3O2. The van der Waals surface area contributed by atoms with Crippen LogP contribution < -0.4 is 0 Å². The topological polar surface area (TPSA) is 62.1 Å². The zero-order valence-electron chi connectivity index (χ0n) is 6.87. The average Bonchev–Trinajstić information content (AvgIpc) is 1.99. The van der Waals surface area contributed by atoms with Gasteiger partial charge in [0.2, 0.25) is 0 Å². The lowest BCUT2D eigenvalue weighted by molar-refractivity contribution is -0.118. The van der Waals surface area contributed by atoms with Crippen molar-refractivity contribution in [1.29, 1.82) is 0 Å². The minimum Gasteiger partial charge on any atom is -0.328 e. The second-order valence-electron chi connectivity index (χ2n) is 2.12. The molecule has 0 radical (unpaired) electrons. The molecular weight excluding hydrogens is 146 g/mol. The molecule has 5 nitrogen and oxygen atoms in total. The maximum Gasteiger partial charge on any atom is 0.361 e. The summed E-state index contributed by atoms with van der Waals surface area (Å²) < 4.78 is 0. The quantitative estimate of drug-likeness (QED) is 0.534. The van der Waals surface area contributed by atoms with Gasteiger partial charge in [0.15, 0.2) is 0 Å². The first-order chi connectivity index (χ1) is 5.07. The molecule has 0 aromatic heterocycles. The second kappa shape index (κ2) is 4.54. The highest BCUT2D eigenvalue weighted by Crippen LogP contribution is 1.88. The van der Waals surface area contributed by atoms with Crippen LogP contribution in [0, 0.1) is 0 Å². The number of nitrogens with zero attached hydrogens (tertiary/aromatic N) is 3. The average molecular weight is 157 g/mol. The first kappa shape index (κ1) is 9.74. The monoisotopic (exact) mass is 157 g/mol. The number of carbonyl (C=O) groups excluding carboxylic acids is 2. The molecule has 0 saturated carbocycles. The number of rotatable bonds is 1. The van der Waals surface area contributed by atoms with Crippen LogP contribution in [0.4, 0.5) is 4.79 Å². The third-order valence-electron chi connectivity index (χ3n) is 0.932. The predicted octanol–water partition coefficient (Wildman–Crippen LogP) is 1.06. The third kappa shape index (κ3) is 4.19. The summed E-state index contributed by atoms with van der Waals surface area (Å²) in [6.45, 7) is 1.65. The Bertz CT molecular complexity index is 186. The molecule has 62 valence electrons. The van der Waals surface area contributed by atoms with Crippen LogP contribution in [0.15, 0.2) is 10.2 Å². The summed E-state index contributed by atoms with van der Waals surface area (Å²) in [6, 6.07) is -0.521. The summed E-state index contributed by atoms with van der Waals surface area (Å²) in [5.74, 6) is -0.389. The summed E-state index contributed by atoms with van der Waals surface area (Å²) in [5, 5.41) is 6.32. The molecule has 0 unspecified atom stereocenters. The van der Waals surface area contributed by atoms with Gasteiger partial charge in [-0.25, -0.2) is 4.79 Å². The normalized spacial score (nSPS) is 10.1. The number of amides is 3. The van der Waals surface area contributed by atoms with Gasteiger partial charge >= 0.3 is 6.03 Å². The van der Waals surface area contributed by atoms with E-state index in [-0.39, 0.29) is 12.3 Å². The van der Waals surface area contributed by atoms with Gasteiger partial charge in [0.05, 0.1) is 0 Å². The Morgan fingerprint density at radius 2 is 1.82 bits per heavy atom. The van der Waals surface area contributed by atoms with E-state index in [0.29, 0.717) is 0 Å². The van der Waals surface area contributed by atoms with Crippen LogP contribution in [-0.4, -0.2) is 30.9 Å². The van der Waals surface area contributed by atoms with E-state index in [1.165, 1.54) is 19.0 Å². The van der Waals surface area contributed by atoms with Crippen molar-refractivity contribution in [3.05, 3.63) is 0 Å². The van der Waals surface area contributed by atoms with Crippen molar-refractivity contribution in [3.8, 4) is 0 Å². The Labute approximate surface area is 65.1 Å².